The third-order valence-electron chi connectivity index (χ3n) is 3.71. The van der Waals surface area contributed by atoms with E-state index in [2.05, 4.69) is 10.6 Å². The molecule has 0 radical (unpaired) electrons. The third-order valence-corrected chi connectivity index (χ3v) is 3.71. The SMILES string of the molecule is CCOC(=O)CC[C@H](NC(=O)c1ccc(NCC(=O)OCC)cc1)C(=O)OCC. The van der Waals surface area contributed by atoms with Crippen molar-refractivity contribution < 1.29 is 33.4 Å². The van der Waals surface area contributed by atoms with Gasteiger partial charge in [0.05, 0.1) is 19.8 Å². The molecule has 1 aromatic carbocycles. The highest BCUT2D eigenvalue weighted by Gasteiger charge is 2.24. The first-order chi connectivity index (χ1) is 13.9. The number of hydrogen-bond donors (Lipinski definition) is 2. The van der Waals surface area contributed by atoms with Crippen molar-refractivity contribution >= 4 is 29.5 Å². The second kappa shape index (κ2) is 13.1. The summed E-state index contributed by atoms with van der Waals surface area (Å²) in [6.45, 7) is 5.78. The van der Waals surface area contributed by atoms with Crippen molar-refractivity contribution in [1.29, 1.82) is 0 Å². The van der Waals surface area contributed by atoms with Crippen LogP contribution in [0, 0.1) is 0 Å². The van der Waals surface area contributed by atoms with E-state index in [0.717, 1.165) is 0 Å². The van der Waals surface area contributed by atoms with E-state index in [-0.39, 0.29) is 38.6 Å². The van der Waals surface area contributed by atoms with Crippen LogP contribution in [0.3, 0.4) is 0 Å². The normalized spacial score (nSPS) is 11.1. The van der Waals surface area contributed by atoms with E-state index in [1.807, 2.05) is 0 Å². The minimum atomic E-state index is -0.964. The molecule has 0 fully saturated rings. The van der Waals surface area contributed by atoms with E-state index in [1.54, 1.807) is 45.0 Å². The van der Waals surface area contributed by atoms with Gasteiger partial charge in [-0.2, -0.15) is 0 Å². The van der Waals surface area contributed by atoms with Crippen molar-refractivity contribution in [2.75, 3.05) is 31.7 Å². The van der Waals surface area contributed by atoms with Gasteiger partial charge < -0.3 is 24.8 Å². The molecule has 0 aliphatic heterocycles. The molecule has 0 heterocycles. The van der Waals surface area contributed by atoms with Gasteiger partial charge in [0.2, 0.25) is 0 Å². The molecule has 0 bridgehead atoms. The zero-order chi connectivity index (χ0) is 21.6. The molecule has 0 aliphatic rings. The van der Waals surface area contributed by atoms with Crippen LogP contribution >= 0.6 is 0 Å². The van der Waals surface area contributed by atoms with Crippen molar-refractivity contribution in [3.05, 3.63) is 29.8 Å². The van der Waals surface area contributed by atoms with Crippen molar-refractivity contribution in [3.63, 3.8) is 0 Å². The van der Waals surface area contributed by atoms with Crippen LogP contribution in [0.5, 0.6) is 0 Å². The Morgan fingerprint density at radius 1 is 0.862 bits per heavy atom. The Balaban J connectivity index is 2.68. The number of nitrogens with one attached hydrogen (secondary N) is 2. The van der Waals surface area contributed by atoms with E-state index in [1.165, 1.54) is 0 Å². The molecule has 0 saturated heterocycles. The van der Waals surface area contributed by atoms with Crippen LogP contribution in [0.1, 0.15) is 44.0 Å². The molecule has 1 amide bonds. The van der Waals surface area contributed by atoms with Crippen LogP contribution in [0.2, 0.25) is 0 Å². The number of amides is 1. The van der Waals surface area contributed by atoms with Gasteiger partial charge in [0, 0.05) is 17.7 Å². The van der Waals surface area contributed by atoms with E-state index in [0.29, 0.717) is 17.9 Å². The minimum Gasteiger partial charge on any atom is -0.466 e. The summed E-state index contributed by atoms with van der Waals surface area (Å²) < 4.78 is 14.6. The van der Waals surface area contributed by atoms with Gasteiger partial charge in [-0.05, 0) is 51.5 Å². The molecule has 1 rings (SSSR count). The summed E-state index contributed by atoms with van der Waals surface area (Å²) in [7, 11) is 0. The third kappa shape index (κ3) is 9.09. The summed E-state index contributed by atoms with van der Waals surface area (Å²) in [4.78, 5) is 47.5. The van der Waals surface area contributed by atoms with Gasteiger partial charge in [-0.3, -0.25) is 14.4 Å². The van der Waals surface area contributed by atoms with Crippen molar-refractivity contribution in [2.45, 2.75) is 39.7 Å². The highest BCUT2D eigenvalue weighted by Crippen LogP contribution is 2.11. The lowest BCUT2D eigenvalue weighted by Crippen LogP contribution is -2.42. The van der Waals surface area contributed by atoms with Gasteiger partial charge in [-0.1, -0.05) is 0 Å². The number of carbonyl (C=O) groups excluding carboxylic acids is 4. The van der Waals surface area contributed by atoms with E-state index >= 15 is 0 Å². The van der Waals surface area contributed by atoms with E-state index in [9.17, 15) is 19.2 Å². The number of carbonyl (C=O) groups is 4. The molecule has 2 N–H and O–H groups in total. The monoisotopic (exact) mass is 408 g/mol. The molecule has 0 unspecified atom stereocenters. The lowest BCUT2D eigenvalue weighted by molar-refractivity contribution is -0.147. The Labute approximate surface area is 170 Å². The first-order valence-electron chi connectivity index (χ1n) is 9.53. The zero-order valence-corrected chi connectivity index (χ0v) is 17.0. The van der Waals surface area contributed by atoms with Crippen LogP contribution in [0.4, 0.5) is 5.69 Å². The largest absolute Gasteiger partial charge is 0.466 e. The van der Waals surface area contributed by atoms with Crippen LogP contribution in [-0.2, 0) is 28.6 Å². The molecule has 0 aliphatic carbocycles. The molecule has 9 nitrogen and oxygen atoms in total. The molecule has 1 atom stereocenters. The zero-order valence-electron chi connectivity index (χ0n) is 17.0. The second-order valence-corrected chi connectivity index (χ2v) is 5.86. The summed E-state index contributed by atoms with van der Waals surface area (Å²) in [6, 6.07) is 5.40. The molecule has 29 heavy (non-hydrogen) atoms. The predicted molar refractivity (Wildman–Crippen MR) is 105 cm³/mol. The Morgan fingerprint density at radius 2 is 1.45 bits per heavy atom. The van der Waals surface area contributed by atoms with Crippen LogP contribution in [-0.4, -0.2) is 56.2 Å². The molecule has 0 spiro atoms. The molecule has 0 aromatic heterocycles. The predicted octanol–water partition coefficient (Wildman–Crippen LogP) is 1.67. The summed E-state index contributed by atoms with van der Waals surface area (Å²) in [5, 5.41) is 5.47. The fourth-order valence-electron chi connectivity index (χ4n) is 2.35. The van der Waals surface area contributed by atoms with Gasteiger partial charge >= 0.3 is 17.9 Å². The lowest BCUT2D eigenvalue weighted by Gasteiger charge is -2.17. The summed E-state index contributed by atoms with van der Waals surface area (Å²) in [5.74, 6) is -1.93. The van der Waals surface area contributed by atoms with Gasteiger partial charge in [-0.25, -0.2) is 4.79 Å². The first kappa shape index (κ1) is 23.9. The fourth-order valence-corrected chi connectivity index (χ4v) is 2.35. The number of esters is 3. The molecular weight excluding hydrogens is 380 g/mol. The lowest BCUT2D eigenvalue weighted by atomic mass is 10.1. The summed E-state index contributed by atoms with van der Waals surface area (Å²) in [6.07, 6.45) is 0.0525. The average molecular weight is 408 g/mol. The molecule has 160 valence electrons. The number of benzene rings is 1. The van der Waals surface area contributed by atoms with Gasteiger partial charge in [0.1, 0.15) is 12.6 Å². The Hall–Kier alpha value is -3.10. The Kier molecular flexibility index (Phi) is 10.8. The quantitative estimate of drug-likeness (QED) is 0.396. The van der Waals surface area contributed by atoms with Gasteiger partial charge in [-0.15, -0.1) is 0 Å². The van der Waals surface area contributed by atoms with E-state index < -0.39 is 23.9 Å². The maximum Gasteiger partial charge on any atom is 0.328 e. The molecule has 1 aromatic rings. The van der Waals surface area contributed by atoms with Gasteiger partial charge in [0.25, 0.3) is 5.91 Å². The van der Waals surface area contributed by atoms with Crippen LogP contribution < -0.4 is 10.6 Å². The fraction of sp³-hybridized carbons (Fsp3) is 0.500. The topological polar surface area (TPSA) is 120 Å². The van der Waals surface area contributed by atoms with Crippen molar-refractivity contribution in [3.8, 4) is 0 Å². The highest BCUT2D eigenvalue weighted by atomic mass is 16.5. The number of hydrogen-bond acceptors (Lipinski definition) is 8. The smallest absolute Gasteiger partial charge is 0.328 e. The number of rotatable bonds is 12. The average Bonchev–Trinajstić information content (AvgIpc) is 2.70. The maximum absolute atomic E-state index is 12.5. The first-order valence-corrected chi connectivity index (χ1v) is 9.53. The van der Waals surface area contributed by atoms with Crippen molar-refractivity contribution in [1.82, 2.24) is 5.32 Å². The van der Waals surface area contributed by atoms with Gasteiger partial charge in [0.15, 0.2) is 0 Å². The molecule has 0 saturated carbocycles. The highest BCUT2D eigenvalue weighted by molar-refractivity contribution is 5.97. The summed E-state index contributed by atoms with van der Waals surface area (Å²) >= 11 is 0. The van der Waals surface area contributed by atoms with Crippen LogP contribution in [0.25, 0.3) is 0 Å². The Bertz CT molecular complexity index is 689. The number of anilines is 1. The molecular formula is C20H28N2O7. The second-order valence-electron chi connectivity index (χ2n) is 5.86. The van der Waals surface area contributed by atoms with E-state index in [4.69, 9.17) is 14.2 Å². The standard InChI is InChI=1S/C20H28N2O7/c1-4-27-17(23)12-11-16(20(26)29-6-3)22-19(25)14-7-9-15(10-8-14)21-13-18(24)28-5-2/h7-10,16,21H,4-6,11-13H2,1-3H3,(H,22,25)/t16-/m0/s1. The van der Waals surface area contributed by atoms with Crippen LogP contribution in [0.15, 0.2) is 24.3 Å². The summed E-state index contributed by atoms with van der Waals surface area (Å²) in [5.41, 5.74) is 0.955. The Morgan fingerprint density at radius 3 is 2.03 bits per heavy atom. The number of ether oxygens (including phenoxy) is 3. The molecule has 9 heteroatoms. The van der Waals surface area contributed by atoms with Crippen molar-refractivity contribution in [2.24, 2.45) is 0 Å². The minimum absolute atomic E-state index is 0.0121. The maximum atomic E-state index is 12.5.